The van der Waals surface area contributed by atoms with E-state index in [1.807, 2.05) is 18.2 Å². The summed E-state index contributed by atoms with van der Waals surface area (Å²) in [5.41, 5.74) is 1.71. The molecule has 0 aliphatic carbocycles. The van der Waals surface area contributed by atoms with Crippen LogP contribution in [0.2, 0.25) is 0 Å². The van der Waals surface area contributed by atoms with E-state index < -0.39 is 0 Å². The zero-order chi connectivity index (χ0) is 13.5. The number of nitrogens with zero attached hydrogens (tertiary/aromatic N) is 1. The molecule has 0 bridgehead atoms. The normalized spacial score (nSPS) is 12.2. The molecule has 1 aromatic carbocycles. The molecule has 3 nitrogen and oxygen atoms in total. The Morgan fingerprint density at radius 2 is 2.11 bits per heavy atom. The fraction of sp³-hybridized carbons (Fsp3) is 0.533. The standard InChI is InChI=1S/C15H22N2O/c1-5-14(11(2)3)17-10-12-6-7-15(18-4)13(8-12)9-16/h6-8,11,14,17H,5,10H2,1-4H3. The van der Waals surface area contributed by atoms with Crippen LogP contribution >= 0.6 is 0 Å². The minimum atomic E-state index is 0.512. The molecule has 1 aromatic rings. The van der Waals surface area contributed by atoms with Gasteiger partial charge >= 0.3 is 0 Å². The topological polar surface area (TPSA) is 45.0 Å². The maximum atomic E-state index is 9.04. The number of nitriles is 1. The lowest BCUT2D eigenvalue weighted by Crippen LogP contribution is -2.32. The number of hydrogen-bond acceptors (Lipinski definition) is 3. The van der Waals surface area contributed by atoms with E-state index >= 15 is 0 Å². The van der Waals surface area contributed by atoms with Crippen molar-refractivity contribution in [3.05, 3.63) is 29.3 Å². The maximum Gasteiger partial charge on any atom is 0.136 e. The number of hydrogen-bond donors (Lipinski definition) is 1. The van der Waals surface area contributed by atoms with Crippen molar-refractivity contribution in [2.75, 3.05) is 7.11 Å². The molecule has 0 fully saturated rings. The Labute approximate surface area is 110 Å². The van der Waals surface area contributed by atoms with Crippen molar-refractivity contribution in [3.8, 4) is 11.8 Å². The maximum absolute atomic E-state index is 9.04. The SMILES string of the molecule is CCC(NCc1ccc(OC)c(C#N)c1)C(C)C. The summed E-state index contributed by atoms with van der Waals surface area (Å²) >= 11 is 0. The predicted octanol–water partition coefficient (Wildman–Crippen LogP) is 3.09. The summed E-state index contributed by atoms with van der Waals surface area (Å²) in [5, 5.41) is 12.6. The Balaban J connectivity index is 2.71. The average Bonchev–Trinajstić information content (AvgIpc) is 2.38. The van der Waals surface area contributed by atoms with Gasteiger partial charge < -0.3 is 10.1 Å². The fourth-order valence-electron chi connectivity index (χ4n) is 2.05. The highest BCUT2D eigenvalue weighted by Gasteiger charge is 2.10. The molecule has 0 amide bonds. The molecular weight excluding hydrogens is 224 g/mol. The molecule has 1 rings (SSSR count). The van der Waals surface area contributed by atoms with E-state index in [1.54, 1.807) is 7.11 Å². The second-order valence-corrected chi connectivity index (χ2v) is 4.79. The van der Waals surface area contributed by atoms with Crippen molar-refractivity contribution >= 4 is 0 Å². The lowest BCUT2D eigenvalue weighted by molar-refractivity contribution is 0.387. The van der Waals surface area contributed by atoms with Gasteiger partial charge in [0.15, 0.2) is 0 Å². The second-order valence-electron chi connectivity index (χ2n) is 4.79. The van der Waals surface area contributed by atoms with Crippen LogP contribution < -0.4 is 10.1 Å². The van der Waals surface area contributed by atoms with Gasteiger partial charge in [-0.25, -0.2) is 0 Å². The van der Waals surface area contributed by atoms with Crippen LogP contribution in [0.3, 0.4) is 0 Å². The molecule has 1 atom stereocenters. The third-order valence-electron chi connectivity index (χ3n) is 3.20. The van der Waals surface area contributed by atoms with Gasteiger partial charge in [0.25, 0.3) is 0 Å². The predicted molar refractivity (Wildman–Crippen MR) is 73.5 cm³/mol. The van der Waals surface area contributed by atoms with E-state index in [2.05, 4.69) is 32.2 Å². The number of methoxy groups -OCH3 is 1. The highest BCUT2D eigenvalue weighted by Crippen LogP contribution is 2.19. The van der Waals surface area contributed by atoms with Crippen molar-refractivity contribution in [3.63, 3.8) is 0 Å². The zero-order valence-electron chi connectivity index (χ0n) is 11.7. The van der Waals surface area contributed by atoms with Crippen molar-refractivity contribution in [2.24, 2.45) is 5.92 Å². The lowest BCUT2D eigenvalue weighted by Gasteiger charge is -2.20. The molecule has 18 heavy (non-hydrogen) atoms. The van der Waals surface area contributed by atoms with Crippen molar-refractivity contribution in [2.45, 2.75) is 39.8 Å². The van der Waals surface area contributed by atoms with Gasteiger partial charge in [-0.15, -0.1) is 0 Å². The van der Waals surface area contributed by atoms with Gasteiger partial charge in [-0.1, -0.05) is 26.8 Å². The van der Waals surface area contributed by atoms with Crippen LogP contribution in [0.15, 0.2) is 18.2 Å². The van der Waals surface area contributed by atoms with Crippen LogP contribution in [0.4, 0.5) is 0 Å². The molecule has 98 valence electrons. The highest BCUT2D eigenvalue weighted by molar-refractivity contribution is 5.45. The van der Waals surface area contributed by atoms with Gasteiger partial charge in [-0.05, 0) is 30.0 Å². The summed E-state index contributed by atoms with van der Waals surface area (Å²) in [6.45, 7) is 7.41. The summed E-state index contributed by atoms with van der Waals surface area (Å²) < 4.78 is 5.13. The molecule has 0 heterocycles. The van der Waals surface area contributed by atoms with Crippen molar-refractivity contribution < 1.29 is 4.74 Å². The summed E-state index contributed by atoms with van der Waals surface area (Å²) in [4.78, 5) is 0. The number of nitrogens with one attached hydrogen (secondary N) is 1. The highest BCUT2D eigenvalue weighted by atomic mass is 16.5. The van der Waals surface area contributed by atoms with Crippen molar-refractivity contribution in [1.29, 1.82) is 5.26 Å². The van der Waals surface area contributed by atoms with Crippen LogP contribution in [0, 0.1) is 17.2 Å². The smallest absolute Gasteiger partial charge is 0.136 e. The first-order valence-electron chi connectivity index (χ1n) is 6.42. The summed E-state index contributed by atoms with van der Waals surface area (Å²) in [6, 6.07) is 8.41. The van der Waals surface area contributed by atoms with Crippen LogP contribution in [0.1, 0.15) is 38.3 Å². The fourth-order valence-corrected chi connectivity index (χ4v) is 2.05. The van der Waals surface area contributed by atoms with Gasteiger partial charge in [0.2, 0.25) is 0 Å². The molecule has 3 heteroatoms. The monoisotopic (exact) mass is 246 g/mol. The van der Waals surface area contributed by atoms with Gasteiger partial charge in [0, 0.05) is 12.6 Å². The van der Waals surface area contributed by atoms with Crippen LogP contribution in [-0.4, -0.2) is 13.2 Å². The molecule has 0 saturated carbocycles. The van der Waals surface area contributed by atoms with E-state index in [0.717, 1.165) is 18.5 Å². The second kappa shape index (κ2) is 7.03. The summed E-state index contributed by atoms with van der Waals surface area (Å²) in [6.07, 6.45) is 1.11. The van der Waals surface area contributed by atoms with Crippen LogP contribution in [-0.2, 0) is 6.54 Å². The van der Waals surface area contributed by atoms with Gasteiger partial charge in [-0.2, -0.15) is 5.26 Å². The molecular formula is C15H22N2O. The first-order valence-corrected chi connectivity index (χ1v) is 6.42. The Morgan fingerprint density at radius 1 is 1.39 bits per heavy atom. The molecule has 0 aliphatic heterocycles. The minimum Gasteiger partial charge on any atom is -0.495 e. The third-order valence-corrected chi connectivity index (χ3v) is 3.20. The van der Waals surface area contributed by atoms with E-state index in [9.17, 15) is 0 Å². The van der Waals surface area contributed by atoms with Gasteiger partial charge in [0.1, 0.15) is 11.8 Å². The van der Waals surface area contributed by atoms with E-state index in [1.165, 1.54) is 0 Å². The molecule has 0 aliphatic rings. The molecule has 0 aromatic heterocycles. The Kier molecular flexibility index (Phi) is 5.67. The Hall–Kier alpha value is -1.53. The third kappa shape index (κ3) is 3.75. The average molecular weight is 246 g/mol. The Morgan fingerprint density at radius 3 is 2.61 bits per heavy atom. The molecule has 1 N–H and O–H groups in total. The van der Waals surface area contributed by atoms with Crippen LogP contribution in [0.25, 0.3) is 0 Å². The number of ether oxygens (including phenoxy) is 1. The Bertz CT molecular complexity index is 421. The largest absolute Gasteiger partial charge is 0.495 e. The first-order chi connectivity index (χ1) is 8.62. The van der Waals surface area contributed by atoms with Crippen LogP contribution in [0.5, 0.6) is 5.75 Å². The molecule has 1 unspecified atom stereocenters. The molecule has 0 radical (unpaired) electrons. The zero-order valence-corrected chi connectivity index (χ0v) is 11.7. The number of benzene rings is 1. The van der Waals surface area contributed by atoms with Gasteiger partial charge in [-0.3, -0.25) is 0 Å². The lowest BCUT2D eigenvalue weighted by atomic mass is 10.0. The summed E-state index contributed by atoms with van der Waals surface area (Å²) in [7, 11) is 1.58. The minimum absolute atomic E-state index is 0.512. The number of rotatable bonds is 6. The summed E-state index contributed by atoms with van der Waals surface area (Å²) in [5.74, 6) is 1.25. The molecule has 0 saturated heterocycles. The molecule has 0 spiro atoms. The van der Waals surface area contributed by atoms with Crippen molar-refractivity contribution in [1.82, 2.24) is 5.32 Å². The van der Waals surface area contributed by atoms with E-state index in [4.69, 9.17) is 10.00 Å². The van der Waals surface area contributed by atoms with E-state index in [-0.39, 0.29) is 0 Å². The first kappa shape index (κ1) is 14.5. The quantitative estimate of drug-likeness (QED) is 0.839. The van der Waals surface area contributed by atoms with E-state index in [0.29, 0.717) is 23.3 Å². The van der Waals surface area contributed by atoms with Gasteiger partial charge in [0.05, 0.1) is 12.7 Å².